The second-order valence-electron chi connectivity index (χ2n) is 9.77. The summed E-state index contributed by atoms with van der Waals surface area (Å²) < 4.78 is 9.84. The highest BCUT2D eigenvalue weighted by Crippen LogP contribution is 2.28. The van der Waals surface area contributed by atoms with Gasteiger partial charge in [0.25, 0.3) is 0 Å². The second kappa shape index (κ2) is 12.9. The lowest BCUT2D eigenvalue weighted by Crippen LogP contribution is -2.56. The van der Waals surface area contributed by atoms with E-state index in [-0.39, 0.29) is 0 Å². The first-order valence-corrected chi connectivity index (χ1v) is 11.6. The first-order chi connectivity index (χ1) is 16.6. The van der Waals surface area contributed by atoms with Gasteiger partial charge in [-0.25, -0.2) is 4.79 Å². The summed E-state index contributed by atoms with van der Waals surface area (Å²) in [5, 5.41) is 4.92. The fraction of sp³-hybridized carbons (Fsp3) is 0.560. The van der Waals surface area contributed by atoms with Crippen molar-refractivity contribution in [3.8, 4) is 0 Å². The van der Waals surface area contributed by atoms with E-state index in [4.69, 9.17) is 10.5 Å². The molecule has 1 aromatic rings. The quantitative estimate of drug-likeness (QED) is 0.407. The summed E-state index contributed by atoms with van der Waals surface area (Å²) in [6, 6.07) is 2.32. The van der Waals surface area contributed by atoms with Crippen LogP contribution in [0.2, 0.25) is 0 Å². The van der Waals surface area contributed by atoms with Crippen molar-refractivity contribution in [1.82, 2.24) is 15.5 Å². The van der Waals surface area contributed by atoms with Crippen molar-refractivity contribution < 1.29 is 33.4 Å². The molecule has 2 unspecified atom stereocenters. The number of aryl methyl sites for hydroxylation is 2. The molecule has 0 radical (unpaired) electrons. The lowest BCUT2D eigenvalue weighted by atomic mass is 9.95. The molecule has 0 aliphatic rings. The Bertz CT molecular complexity index is 985. The Hall–Kier alpha value is -3.63. The van der Waals surface area contributed by atoms with Gasteiger partial charge >= 0.3 is 12.1 Å². The zero-order chi connectivity index (χ0) is 27.8. The summed E-state index contributed by atoms with van der Waals surface area (Å²) >= 11 is 0. The van der Waals surface area contributed by atoms with Gasteiger partial charge in [-0.15, -0.1) is 0 Å². The van der Waals surface area contributed by atoms with E-state index in [9.17, 15) is 24.0 Å². The van der Waals surface area contributed by atoms with E-state index in [1.165, 1.54) is 12.0 Å². The number of amides is 4. The number of esters is 1. The number of hydrogen-bond donors (Lipinski definition) is 3. The predicted molar refractivity (Wildman–Crippen MR) is 133 cm³/mol. The van der Waals surface area contributed by atoms with Crippen molar-refractivity contribution in [3.05, 3.63) is 34.9 Å². The van der Waals surface area contributed by atoms with Gasteiger partial charge in [0.05, 0.1) is 13.5 Å². The van der Waals surface area contributed by atoms with Crippen molar-refractivity contribution in [3.63, 3.8) is 0 Å². The Labute approximate surface area is 212 Å². The molecule has 36 heavy (non-hydrogen) atoms. The summed E-state index contributed by atoms with van der Waals surface area (Å²) in [4.78, 5) is 64.4. The average Bonchev–Trinajstić information content (AvgIpc) is 2.74. The highest BCUT2D eigenvalue weighted by atomic mass is 16.6. The van der Waals surface area contributed by atoms with Crippen molar-refractivity contribution in [2.45, 2.75) is 78.6 Å². The lowest BCUT2D eigenvalue weighted by molar-refractivity contribution is -0.146. The van der Waals surface area contributed by atoms with E-state index >= 15 is 0 Å². The minimum absolute atomic E-state index is 0.405. The maximum atomic E-state index is 13.8. The highest BCUT2D eigenvalue weighted by Gasteiger charge is 2.39. The number of carbonyl (C=O) groups excluding carboxylic acids is 5. The van der Waals surface area contributed by atoms with Gasteiger partial charge in [-0.3, -0.25) is 19.2 Å². The molecule has 0 saturated heterocycles. The van der Waals surface area contributed by atoms with Crippen molar-refractivity contribution >= 4 is 29.8 Å². The molecule has 0 aromatic heterocycles. The van der Waals surface area contributed by atoms with Crippen LogP contribution in [0, 0.1) is 13.8 Å². The first-order valence-electron chi connectivity index (χ1n) is 11.6. The number of ether oxygens (including phenoxy) is 2. The zero-order valence-electron chi connectivity index (χ0n) is 22.3. The van der Waals surface area contributed by atoms with Crippen LogP contribution < -0.4 is 16.4 Å². The smallest absolute Gasteiger partial charge is 0.408 e. The number of alkyl carbamates (subject to hydrolysis) is 1. The Morgan fingerprint density at radius 3 is 2.19 bits per heavy atom. The molecule has 4 N–H and O–H groups in total. The third-order valence-corrected chi connectivity index (χ3v) is 5.10. The molecule has 11 heteroatoms. The van der Waals surface area contributed by atoms with E-state index in [2.05, 4.69) is 15.4 Å². The summed E-state index contributed by atoms with van der Waals surface area (Å²) in [5.74, 6) is -2.84. The Kier molecular flexibility index (Phi) is 10.9. The number of rotatable bonds is 10. The minimum Gasteiger partial charge on any atom is -0.468 e. The Balaban J connectivity index is 3.54. The number of hydrogen-bond acceptors (Lipinski definition) is 7. The molecule has 11 nitrogen and oxygen atoms in total. The topological polar surface area (TPSA) is 157 Å². The standard InChI is InChI=1S/C25H38N4O7/c1-14(2)29(23(33)18(12-19(26)30)28-24(34)36-25(5,6)7)21(22(32)27-13-20(31)35-8)17-11-15(3)9-10-16(17)4/h9-11,14,18,21H,12-13H2,1-8H3,(H2,26,30)(H,27,32)(H,28,34). The molecule has 0 bridgehead atoms. The monoisotopic (exact) mass is 506 g/mol. The molecular weight excluding hydrogens is 468 g/mol. The van der Waals surface area contributed by atoms with Gasteiger partial charge in [0.1, 0.15) is 24.2 Å². The van der Waals surface area contributed by atoms with Crippen LogP contribution in [0.25, 0.3) is 0 Å². The number of benzene rings is 1. The number of methoxy groups -OCH3 is 1. The van der Waals surface area contributed by atoms with E-state index in [1.807, 2.05) is 19.1 Å². The van der Waals surface area contributed by atoms with Crippen LogP contribution in [-0.4, -0.2) is 66.0 Å². The Morgan fingerprint density at radius 1 is 1.08 bits per heavy atom. The van der Waals surface area contributed by atoms with Gasteiger partial charge in [-0.2, -0.15) is 0 Å². The van der Waals surface area contributed by atoms with Gasteiger partial charge in [-0.05, 0) is 59.6 Å². The number of nitrogens with one attached hydrogen (secondary N) is 2. The fourth-order valence-electron chi connectivity index (χ4n) is 3.51. The summed E-state index contributed by atoms with van der Waals surface area (Å²) in [6.45, 7) is 11.6. The average molecular weight is 507 g/mol. The van der Waals surface area contributed by atoms with Gasteiger partial charge in [0.2, 0.25) is 17.7 Å². The van der Waals surface area contributed by atoms with Crippen LogP contribution >= 0.6 is 0 Å². The van der Waals surface area contributed by atoms with Crippen LogP contribution in [0.4, 0.5) is 4.79 Å². The molecule has 4 amide bonds. The molecule has 1 aromatic carbocycles. The second-order valence-corrected chi connectivity index (χ2v) is 9.77. The van der Waals surface area contributed by atoms with Gasteiger partial charge in [0, 0.05) is 6.04 Å². The normalized spacial score (nSPS) is 12.8. The van der Waals surface area contributed by atoms with Crippen LogP contribution in [0.3, 0.4) is 0 Å². The largest absolute Gasteiger partial charge is 0.468 e. The van der Waals surface area contributed by atoms with Crippen LogP contribution in [0.15, 0.2) is 18.2 Å². The Morgan fingerprint density at radius 2 is 1.69 bits per heavy atom. The number of carbonyl (C=O) groups is 5. The predicted octanol–water partition coefficient (Wildman–Crippen LogP) is 1.64. The third-order valence-electron chi connectivity index (χ3n) is 5.10. The summed E-state index contributed by atoms with van der Waals surface area (Å²) in [6.07, 6.45) is -1.42. The molecule has 2 atom stereocenters. The first kappa shape index (κ1) is 30.4. The summed E-state index contributed by atoms with van der Waals surface area (Å²) in [7, 11) is 1.19. The molecule has 0 heterocycles. The van der Waals surface area contributed by atoms with E-state index in [0.717, 1.165) is 11.1 Å². The van der Waals surface area contributed by atoms with Crippen molar-refractivity contribution in [2.24, 2.45) is 5.73 Å². The van der Waals surface area contributed by atoms with Crippen LogP contribution in [-0.2, 0) is 28.7 Å². The molecular formula is C25H38N4O7. The molecule has 0 aliphatic carbocycles. The maximum absolute atomic E-state index is 13.8. The van der Waals surface area contributed by atoms with E-state index < -0.39 is 66.5 Å². The highest BCUT2D eigenvalue weighted by molar-refractivity contribution is 5.95. The maximum Gasteiger partial charge on any atom is 0.408 e. The summed E-state index contributed by atoms with van der Waals surface area (Å²) in [5.41, 5.74) is 6.61. The van der Waals surface area contributed by atoms with Crippen LogP contribution in [0.5, 0.6) is 0 Å². The van der Waals surface area contributed by atoms with E-state index in [0.29, 0.717) is 5.56 Å². The van der Waals surface area contributed by atoms with E-state index in [1.54, 1.807) is 47.6 Å². The van der Waals surface area contributed by atoms with Gasteiger partial charge in [0.15, 0.2) is 0 Å². The van der Waals surface area contributed by atoms with Gasteiger partial charge < -0.3 is 30.7 Å². The molecule has 0 saturated carbocycles. The molecule has 1 rings (SSSR count). The SMILES string of the molecule is COC(=O)CNC(=O)C(c1cc(C)ccc1C)N(C(=O)C(CC(N)=O)NC(=O)OC(C)(C)C)C(C)C. The van der Waals surface area contributed by atoms with Gasteiger partial charge in [-0.1, -0.05) is 23.8 Å². The van der Waals surface area contributed by atoms with Crippen LogP contribution in [0.1, 0.15) is 63.8 Å². The minimum atomic E-state index is -1.39. The number of nitrogens with two attached hydrogens (primary N) is 1. The fourth-order valence-corrected chi connectivity index (χ4v) is 3.51. The molecule has 0 aliphatic heterocycles. The number of primary amides is 1. The molecule has 0 spiro atoms. The third kappa shape index (κ3) is 9.20. The number of nitrogens with zero attached hydrogens (tertiary/aromatic N) is 1. The molecule has 200 valence electrons. The zero-order valence-corrected chi connectivity index (χ0v) is 22.3. The van der Waals surface area contributed by atoms with Crippen molar-refractivity contribution in [1.29, 1.82) is 0 Å². The molecule has 0 fully saturated rings. The lowest BCUT2D eigenvalue weighted by Gasteiger charge is -2.37. The van der Waals surface area contributed by atoms with Crippen molar-refractivity contribution in [2.75, 3.05) is 13.7 Å².